The molecule has 0 saturated heterocycles. The van der Waals surface area contributed by atoms with Gasteiger partial charge in [-0.05, 0) is 66.3 Å². The van der Waals surface area contributed by atoms with E-state index < -0.39 is 10.0 Å². The van der Waals surface area contributed by atoms with Crippen LogP contribution >= 0.6 is 11.8 Å². The van der Waals surface area contributed by atoms with Crippen LogP contribution in [-0.4, -0.2) is 27.4 Å². The van der Waals surface area contributed by atoms with Gasteiger partial charge in [-0.3, -0.25) is 9.30 Å². The van der Waals surface area contributed by atoms with Gasteiger partial charge in [0.1, 0.15) is 0 Å². The Kier molecular flexibility index (Phi) is 5.24. The lowest BCUT2D eigenvalue weighted by Gasteiger charge is -2.19. The molecule has 4 nitrogen and oxygen atoms in total. The van der Waals surface area contributed by atoms with Crippen LogP contribution in [0.5, 0.6) is 0 Å². The van der Waals surface area contributed by atoms with Gasteiger partial charge >= 0.3 is 0 Å². The number of anilines is 1. The normalized spacial score (nSPS) is 13.8. The Morgan fingerprint density at radius 3 is 2.39 bits per heavy atom. The molecule has 0 amide bonds. The zero-order valence-electron chi connectivity index (χ0n) is 15.4. The van der Waals surface area contributed by atoms with Crippen LogP contribution in [0.3, 0.4) is 0 Å². The zero-order chi connectivity index (χ0) is 19.6. The molecule has 0 aliphatic carbocycles. The lowest BCUT2D eigenvalue weighted by atomic mass is 10.2. The molecule has 0 radical (unpaired) electrons. The number of hydrogen-bond donors (Lipinski definition) is 0. The fourth-order valence-electron chi connectivity index (χ4n) is 3.23. The second-order valence-electron chi connectivity index (χ2n) is 6.48. The monoisotopic (exact) mass is 408 g/mol. The second kappa shape index (κ2) is 7.81. The molecule has 28 heavy (non-hydrogen) atoms. The van der Waals surface area contributed by atoms with E-state index in [2.05, 4.69) is 17.1 Å². The first-order valence-corrected chi connectivity index (χ1v) is 11.6. The van der Waals surface area contributed by atoms with Crippen LogP contribution in [-0.2, 0) is 16.4 Å². The number of thioether (sulfide) groups is 1. The molecule has 0 aromatic heterocycles. The average molecular weight is 409 g/mol. The Morgan fingerprint density at radius 1 is 0.964 bits per heavy atom. The molecule has 4 rings (SSSR count). The van der Waals surface area contributed by atoms with E-state index >= 15 is 0 Å². The first-order valence-electron chi connectivity index (χ1n) is 8.97. The van der Waals surface area contributed by atoms with Gasteiger partial charge in [0.25, 0.3) is 10.0 Å². The van der Waals surface area contributed by atoms with E-state index in [0.717, 1.165) is 28.9 Å². The summed E-state index contributed by atoms with van der Waals surface area (Å²) < 4.78 is 27.6. The molecule has 6 heteroatoms. The largest absolute Gasteiger partial charge is 0.266 e. The van der Waals surface area contributed by atoms with E-state index in [9.17, 15) is 8.42 Å². The highest BCUT2D eigenvalue weighted by molar-refractivity contribution is 7.98. The second-order valence-corrected chi connectivity index (χ2v) is 9.22. The molecular weight excluding hydrogens is 388 g/mol. The van der Waals surface area contributed by atoms with Gasteiger partial charge in [-0.15, -0.1) is 11.8 Å². The van der Waals surface area contributed by atoms with Crippen LogP contribution in [0.25, 0.3) is 0 Å². The molecule has 0 N–H and O–H groups in total. The summed E-state index contributed by atoms with van der Waals surface area (Å²) in [7, 11) is -3.56. The van der Waals surface area contributed by atoms with E-state index in [1.807, 2.05) is 42.7 Å². The first-order chi connectivity index (χ1) is 13.6. The summed E-state index contributed by atoms with van der Waals surface area (Å²) >= 11 is 1.70. The number of para-hydroxylation sites is 1. The minimum atomic E-state index is -3.56. The highest BCUT2D eigenvalue weighted by Gasteiger charge is 2.30. The Bertz CT molecular complexity index is 1110. The van der Waals surface area contributed by atoms with Crippen LogP contribution in [0.2, 0.25) is 0 Å². The Labute approximate surface area is 170 Å². The topological polar surface area (TPSA) is 49.7 Å². The molecule has 0 fully saturated rings. The van der Waals surface area contributed by atoms with Crippen molar-refractivity contribution in [1.29, 1.82) is 0 Å². The molecule has 142 valence electrons. The van der Waals surface area contributed by atoms with Crippen molar-refractivity contribution in [3.63, 3.8) is 0 Å². The number of hydrogen-bond acceptors (Lipinski definition) is 4. The predicted octanol–water partition coefficient (Wildman–Crippen LogP) is 4.91. The van der Waals surface area contributed by atoms with Gasteiger partial charge in [-0.2, -0.15) is 0 Å². The molecular formula is C22H20N2O2S2. The van der Waals surface area contributed by atoms with E-state index in [1.54, 1.807) is 42.2 Å². The third-order valence-electron chi connectivity index (χ3n) is 4.75. The van der Waals surface area contributed by atoms with Crippen molar-refractivity contribution in [3.8, 4) is 0 Å². The van der Waals surface area contributed by atoms with Crippen molar-refractivity contribution < 1.29 is 8.42 Å². The molecule has 3 aromatic rings. The number of nitrogens with zero attached hydrogens (tertiary/aromatic N) is 2. The lowest BCUT2D eigenvalue weighted by Crippen LogP contribution is -2.29. The predicted molar refractivity (Wildman–Crippen MR) is 117 cm³/mol. The van der Waals surface area contributed by atoms with E-state index in [4.69, 9.17) is 0 Å². The molecule has 0 bridgehead atoms. The quantitative estimate of drug-likeness (QED) is 0.445. The summed E-state index contributed by atoms with van der Waals surface area (Å²) in [6, 6.07) is 22.5. The fraction of sp³-hybridized carbons (Fsp3) is 0.136. The van der Waals surface area contributed by atoms with Crippen LogP contribution in [0, 0.1) is 0 Å². The standard InChI is InChI=1S/C22H20N2O2S2/c1-27-20-10-6-17(7-11-20)16-23-19-8-12-21(13-9-19)28(25,26)24-15-14-18-4-2-3-5-22(18)24/h2-13,16H,14-15H2,1H3. The van der Waals surface area contributed by atoms with Gasteiger partial charge in [-0.25, -0.2) is 8.42 Å². The molecule has 1 aliphatic heterocycles. The van der Waals surface area contributed by atoms with Crippen molar-refractivity contribution in [2.75, 3.05) is 17.1 Å². The van der Waals surface area contributed by atoms with Crippen LogP contribution < -0.4 is 4.31 Å². The highest BCUT2D eigenvalue weighted by Crippen LogP contribution is 2.33. The summed E-state index contributed by atoms with van der Waals surface area (Å²) in [4.78, 5) is 5.94. The maximum Gasteiger partial charge on any atom is 0.264 e. The van der Waals surface area contributed by atoms with Crippen molar-refractivity contribution in [2.24, 2.45) is 4.99 Å². The van der Waals surface area contributed by atoms with E-state index in [1.165, 1.54) is 9.20 Å². The van der Waals surface area contributed by atoms with Gasteiger partial charge in [0.15, 0.2) is 0 Å². The Hall–Kier alpha value is -2.57. The highest BCUT2D eigenvalue weighted by atomic mass is 32.2. The third-order valence-corrected chi connectivity index (χ3v) is 7.32. The van der Waals surface area contributed by atoms with Gasteiger partial charge in [-0.1, -0.05) is 30.3 Å². The molecule has 0 spiro atoms. The lowest BCUT2D eigenvalue weighted by molar-refractivity contribution is 0.592. The molecule has 1 aliphatic rings. The Morgan fingerprint density at radius 2 is 1.68 bits per heavy atom. The number of aliphatic imine (C=N–C) groups is 1. The fourth-order valence-corrected chi connectivity index (χ4v) is 5.14. The Balaban J connectivity index is 1.53. The van der Waals surface area contributed by atoms with Crippen molar-refractivity contribution in [2.45, 2.75) is 16.2 Å². The van der Waals surface area contributed by atoms with Crippen LogP contribution in [0.15, 0.2) is 87.6 Å². The van der Waals surface area contributed by atoms with Gasteiger partial charge in [0, 0.05) is 17.7 Å². The molecule has 0 saturated carbocycles. The van der Waals surface area contributed by atoms with Gasteiger partial charge < -0.3 is 0 Å². The smallest absolute Gasteiger partial charge is 0.264 e. The molecule has 1 heterocycles. The van der Waals surface area contributed by atoms with Crippen LogP contribution in [0.4, 0.5) is 11.4 Å². The molecule has 0 atom stereocenters. The van der Waals surface area contributed by atoms with E-state index in [0.29, 0.717) is 6.54 Å². The first kappa shape index (κ1) is 18.8. The minimum Gasteiger partial charge on any atom is -0.266 e. The zero-order valence-corrected chi connectivity index (χ0v) is 17.1. The summed E-state index contributed by atoms with van der Waals surface area (Å²) in [5, 5.41) is 0. The third kappa shape index (κ3) is 3.70. The summed E-state index contributed by atoms with van der Waals surface area (Å²) in [5.74, 6) is 0. The van der Waals surface area contributed by atoms with Crippen molar-refractivity contribution in [3.05, 3.63) is 83.9 Å². The number of sulfonamides is 1. The SMILES string of the molecule is CSc1ccc(C=Nc2ccc(S(=O)(=O)N3CCc4ccccc43)cc2)cc1. The molecule has 0 unspecified atom stereocenters. The van der Waals surface area contributed by atoms with Crippen LogP contribution in [0.1, 0.15) is 11.1 Å². The summed E-state index contributed by atoms with van der Waals surface area (Å²) in [5.41, 5.74) is 3.57. The number of benzene rings is 3. The van der Waals surface area contributed by atoms with Crippen molar-refractivity contribution in [1.82, 2.24) is 0 Å². The minimum absolute atomic E-state index is 0.285. The number of rotatable bonds is 5. The van der Waals surface area contributed by atoms with Crippen molar-refractivity contribution >= 4 is 39.4 Å². The van der Waals surface area contributed by atoms with Gasteiger partial charge in [0.05, 0.1) is 16.3 Å². The summed E-state index contributed by atoms with van der Waals surface area (Å²) in [6.07, 6.45) is 4.57. The molecule has 3 aromatic carbocycles. The summed E-state index contributed by atoms with van der Waals surface area (Å²) in [6.45, 7) is 0.480. The number of fused-ring (bicyclic) bond motifs is 1. The average Bonchev–Trinajstić information content (AvgIpc) is 3.18. The van der Waals surface area contributed by atoms with E-state index in [-0.39, 0.29) is 4.90 Å². The van der Waals surface area contributed by atoms with Gasteiger partial charge in [0.2, 0.25) is 0 Å². The maximum atomic E-state index is 13.0. The maximum absolute atomic E-state index is 13.0.